The van der Waals surface area contributed by atoms with Crippen molar-refractivity contribution in [3.05, 3.63) is 34.3 Å². The van der Waals surface area contributed by atoms with Crippen molar-refractivity contribution in [3.8, 4) is 11.5 Å². The first kappa shape index (κ1) is 16.2. The lowest BCUT2D eigenvalue weighted by Gasteiger charge is -2.07. The molecule has 0 bridgehead atoms. The number of nitrogen functional groups attached to an aromatic ring is 2. The van der Waals surface area contributed by atoms with Crippen LogP contribution < -0.4 is 20.9 Å². The average molecular weight is 341 g/mol. The highest BCUT2D eigenvalue weighted by Gasteiger charge is 2.09. The number of azo groups is 1. The summed E-state index contributed by atoms with van der Waals surface area (Å²) in [7, 11) is 3.00. The molecule has 0 radical (unpaired) electrons. The summed E-state index contributed by atoms with van der Waals surface area (Å²) in [6.45, 7) is 0. The highest BCUT2D eigenvalue weighted by molar-refractivity contribution is 6.33. The van der Waals surface area contributed by atoms with E-state index in [1.807, 2.05) is 0 Å². The Bertz CT molecular complexity index is 674. The summed E-state index contributed by atoms with van der Waals surface area (Å²) in [5.74, 6) is 0.915. The zero-order valence-corrected chi connectivity index (χ0v) is 13.4. The van der Waals surface area contributed by atoms with Crippen molar-refractivity contribution in [2.45, 2.75) is 0 Å². The Morgan fingerprint density at radius 2 is 1.14 bits per heavy atom. The number of anilines is 2. The molecule has 0 atom stereocenters. The van der Waals surface area contributed by atoms with E-state index in [9.17, 15) is 0 Å². The van der Waals surface area contributed by atoms with E-state index in [4.69, 9.17) is 44.1 Å². The van der Waals surface area contributed by atoms with Crippen molar-refractivity contribution in [3.63, 3.8) is 0 Å². The lowest BCUT2D eigenvalue weighted by atomic mass is 10.2. The van der Waals surface area contributed by atoms with Gasteiger partial charge in [-0.25, -0.2) is 0 Å². The standard InChI is InChI=1S/C14H14Cl2N4O2/c1-21-13-5-11(7(15)3-9(13)17)19-20-12-6-14(22-2)10(18)4-8(12)16/h3-6H,17-18H2,1-2H3/b20-19+. The smallest absolute Gasteiger partial charge is 0.144 e. The van der Waals surface area contributed by atoms with Crippen molar-refractivity contribution in [2.24, 2.45) is 10.2 Å². The highest BCUT2D eigenvalue weighted by Crippen LogP contribution is 2.38. The van der Waals surface area contributed by atoms with Crippen LogP contribution >= 0.6 is 23.2 Å². The molecular weight excluding hydrogens is 327 g/mol. The van der Waals surface area contributed by atoms with Crippen LogP contribution in [-0.4, -0.2) is 14.2 Å². The van der Waals surface area contributed by atoms with Crippen molar-refractivity contribution < 1.29 is 9.47 Å². The van der Waals surface area contributed by atoms with Gasteiger partial charge in [0.2, 0.25) is 0 Å². The molecule has 2 rings (SSSR count). The Morgan fingerprint density at radius 3 is 1.45 bits per heavy atom. The maximum Gasteiger partial charge on any atom is 0.144 e. The molecule has 0 spiro atoms. The van der Waals surface area contributed by atoms with Gasteiger partial charge in [0.05, 0.1) is 35.6 Å². The Balaban J connectivity index is 2.41. The molecule has 4 N–H and O–H groups in total. The molecule has 6 nitrogen and oxygen atoms in total. The molecule has 2 aromatic rings. The van der Waals surface area contributed by atoms with E-state index >= 15 is 0 Å². The second kappa shape index (κ2) is 6.72. The minimum atomic E-state index is 0.348. The molecule has 0 fully saturated rings. The summed E-state index contributed by atoms with van der Waals surface area (Å²) in [4.78, 5) is 0. The van der Waals surface area contributed by atoms with Crippen molar-refractivity contribution in [2.75, 3.05) is 25.7 Å². The number of halogens is 2. The number of nitrogens with two attached hydrogens (primary N) is 2. The maximum atomic E-state index is 6.08. The summed E-state index contributed by atoms with van der Waals surface area (Å²) >= 11 is 12.2. The number of rotatable bonds is 4. The molecule has 8 heteroatoms. The predicted octanol–water partition coefficient (Wildman–Crippen LogP) is 4.59. The van der Waals surface area contributed by atoms with Crippen molar-refractivity contribution in [1.29, 1.82) is 0 Å². The third-order valence-corrected chi connectivity index (χ3v) is 3.47. The molecule has 0 amide bonds. The Kier molecular flexibility index (Phi) is 4.95. The molecule has 2 aromatic carbocycles. The van der Waals surface area contributed by atoms with Crippen molar-refractivity contribution in [1.82, 2.24) is 0 Å². The van der Waals surface area contributed by atoms with E-state index < -0.39 is 0 Å². The molecule has 0 aliphatic rings. The summed E-state index contributed by atoms with van der Waals surface area (Å²) in [5.41, 5.74) is 13.1. The van der Waals surface area contributed by atoms with Gasteiger partial charge in [0.25, 0.3) is 0 Å². The van der Waals surface area contributed by atoms with E-state index in [2.05, 4.69) is 10.2 Å². The van der Waals surface area contributed by atoms with Crippen LogP contribution in [0.25, 0.3) is 0 Å². The minimum absolute atomic E-state index is 0.348. The quantitative estimate of drug-likeness (QED) is 0.628. The molecule has 0 aromatic heterocycles. The summed E-state index contributed by atoms with van der Waals surface area (Å²) in [6, 6.07) is 6.26. The lowest BCUT2D eigenvalue weighted by Crippen LogP contribution is -1.92. The molecule has 116 valence electrons. The van der Waals surface area contributed by atoms with Crippen LogP contribution in [0.4, 0.5) is 22.7 Å². The molecule has 22 heavy (non-hydrogen) atoms. The second-order valence-corrected chi connectivity index (χ2v) is 5.11. The van der Waals surface area contributed by atoms with Gasteiger partial charge in [-0.15, -0.1) is 10.2 Å². The minimum Gasteiger partial charge on any atom is -0.495 e. The van der Waals surface area contributed by atoms with Crippen LogP contribution in [0.3, 0.4) is 0 Å². The largest absolute Gasteiger partial charge is 0.495 e. The van der Waals surface area contributed by atoms with Gasteiger partial charge in [0.1, 0.15) is 22.9 Å². The predicted molar refractivity (Wildman–Crippen MR) is 89.0 cm³/mol. The van der Waals surface area contributed by atoms with Gasteiger partial charge in [0, 0.05) is 12.1 Å². The second-order valence-electron chi connectivity index (χ2n) is 4.29. The summed E-state index contributed by atoms with van der Waals surface area (Å²) in [5, 5.41) is 8.83. The van der Waals surface area contributed by atoms with Gasteiger partial charge in [-0.2, -0.15) is 0 Å². The Morgan fingerprint density at radius 1 is 0.773 bits per heavy atom. The maximum absolute atomic E-state index is 6.08. The molecule has 0 saturated heterocycles. The lowest BCUT2D eigenvalue weighted by molar-refractivity contribution is 0.417. The Hall–Kier alpha value is -2.18. The zero-order chi connectivity index (χ0) is 16.3. The van der Waals surface area contributed by atoms with Crippen LogP contribution in [0.5, 0.6) is 11.5 Å². The fourth-order valence-corrected chi connectivity index (χ4v) is 2.15. The normalized spacial score (nSPS) is 10.9. The number of ether oxygens (including phenoxy) is 2. The van der Waals surface area contributed by atoms with Crippen molar-refractivity contribution >= 4 is 46.0 Å². The van der Waals surface area contributed by atoms with E-state index in [0.717, 1.165) is 0 Å². The van der Waals surface area contributed by atoms with E-state index in [1.54, 1.807) is 24.3 Å². The summed E-state index contributed by atoms with van der Waals surface area (Å²) < 4.78 is 10.2. The number of hydrogen-bond acceptors (Lipinski definition) is 6. The SMILES string of the molecule is COc1cc(/N=N/c2cc(OC)c(N)cc2Cl)c(Cl)cc1N. The third-order valence-electron chi connectivity index (χ3n) is 2.86. The van der Waals surface area contributed by atoms with Gasteiger partial charge in [-0.3, -0.25) is 0 Å². The number of benzene rings is 2. The van der Waals surface area contributed by atoms with Crippen LogP contribution in [0.1, 0.15) is 0 Å². The molecule has 0 saturated carbocycles. The first-order valence-electron chi connectivity index (χ1n) is 6.14. The van der Waals surface area contributed by atoms with Gasteiger partial charge in [-0.05, 0) is 12.1 Å². The van der Waals surface area contributed by atoms with Gasteiger partial charge < -0.3 is 20.9 Å². The molecule has 0 aliphatic heterocycles. The van der Waals surface area contributed by atoms with Crippen LogP contribution in [-0.2, 0) is 0 Å². The fourth-order valence-electron chi connectivity index (χ4n) is 1.73. The molecule has 0 aliphatic carbocycles. The summed E-state index contributed by atoms with van der Waals surface area (Å²) in [6.07, 6.45) is 0. The van der Waals surface area contributed by atoms with E-state index in [-0.39, 0.29) is 0 Å². The zero-order valence-electron chi connectivity index (χ0n) is 11.9. The number of nitrogens with zero attached hydrogens (tertiary/aromatic N) is 2. The van der Waals surface area contributed by atoms with Crippen LogP contribution in [0.2, 0.25) is 10.0 Å². The average Bonchev–Trinajstić information content (AvgIpc) is 2.48. The highest BCUT2D eigenvalue weighted by atomic mass is 35.5. The van der Waals surface area contributed by atoms with E-state index in [1.165, 1.54) is 14.2 Å². The monoisotopic (exact) mass is 340 g/mol. The van der Waals surface area contributed by atoms with Crippen LogP contribution in [0.15, 0.2) is 34.5 Å². The Labute approximate surface area is 137 Å². The molecular formula is C14H14Cl2N4O2. The fraction of sp³-hybridized carbons (Fsp3) is 0.143. The first-order valence-corrected chi connectivity index (χ1v) is 6.89. The van der Waals surface area contributed by atoms with Gasteiger partial charge in [0.15, 0.2) is 0 Å². The molecule has 0 heterocycles. The number of methoxy groups -OCH3 is 2. The van der Waals surface area contributed by atoms with Crippen LogP contribution in [0, 0.1) is 0 Å². The molecule has 0 unspecified atom stereocenters. The number of hydrogen-bond donors (Lipinski definition) is 2. The topological polar surface area (TPSA) is 95.2 Å². The van der Waals surface area contributed by atoms with E-state index in [0.29, 0.717) is 44.3 Å². The van der Waals surface area contributed by atoms with Gasteiger partial charge in [-0.1, -0.05) is 23.2 Å². The third kappa shape index (κ3) is 3.35. The van der Waals surface area contributed by atoms with Gasteiger partial charge >= 0.3 is 0 Å². The first-order chi connectivity index (χ1) is 10.5.